The van der Waals surface area contributed by atoms with E-state index >= 15 is 0 Å². The van der Waals surface area contributed by atoms with Crippen LogP contribution in [0.1, 0.15) is 13.3 Å². The molecule has 1 atom stereocenters. The second-order valence-corrected chi connectivity index (χ2v) is 2.11. The van der Waals surface area contributed by atoms with Crippen LogP contribution < -0.4 is 5.73 Å². The zero-order chi connectivity index (χ0) is 9.72. The van der Waals surface area contributed by atoms with Crippen molar-refractivity contribution >= 4 is 11.9 Å². The smallest absolute Gasteiger partial charge is 0.345 e. The molecule has 0 aromatic rings. The van der Waals surface area contributed by atoms with Crippen LogP contribution in [0.4, 0.5) is 0 Å². The van der Waals surface area contributed by atoms with Gasteiger partial charge >= 0.3 is 5.97 Å². The van der Waals surface area contributed by atoms with Crippen LogP contribution in [0.15, 0.2) is 12.2 Å². The molecule has 3 N–H and O–H groups in total. The monoisotopic (exact) mass is 173 g/mol. The molecular formula is C7H11NO4. The Morgan fingerprint density at radius 3 is 2.50 bits per heavy atom. The van der Waals surface area contributed by atoms with Crippen LogP contribution in [0.3, 0.4) is 0 Å². The number of nitrogens with two attached hydrogens (primary N) is 1. The van der Waals surface area contributed by atoms with Crippen molar-refractivity contribution in [3.63, 3.8) is 0 Å². The lowest BCUT2D eigenvalue weighted by Crippen LogP contribution is -2.25. The third-order valence-electron chi connectivity index (χ3n) is 1.14. The van der Waals surface area contributed by atoms with Crippen molar-refractivity contribution in [2.24, 2.45) is 5.73 Å². The Morgan fingerprint density at radius 1 is 1.67 bits per heavy atom. The second-order valence-electron chi connectivity index (χ2n) is 2.11. The van der Waals surface area contributed by atoms with Gasteiger partial charge in [0, 0.05) is 6.42 Å². The van der Waals surface area contributed by atoms with Crippen molar-refractivity contribution in [2.45, 2.75) is 19.6 Å². The molecule has 68 valence electrons. The number of amides is 1. The van der Waals surface area contributed by atoms with Gasteiger partial charge in [0.05, 0.1) is 0 Å². The number of carbonyl (C=O) groups excluding carboxylic acids is 2. The number of hydrogen-bond donors (Lipinski definition) is 2. The highest BCUT2D eigenvalue weighted by Crippen LogP contribution is 1.99. The van der Waals surface area contributed by atoms with Gasteiger partial charge in [0.2, 0.25) is 6.29 Å². The van der Waals surface area contributed by atoms with Crippen LogP contribution >= 0.6 is 0 Å². The van der Waals surface area contributed by atoms with E-state index in [0.29, 0.717) is 0 Å². The minimum Gasteiger partial charge on any atom is -0.432 e. The normalized spacial score (nSPS) is 11.8. The van der Waals surface area contributed by atoms with E-state index in [2.05, 4.69) is 11.3 Å². The summed E-state index contributed by atoms with van der Waals surface area (Å²) in [5.74, 6) is -1.94. The lowest BCUT2D eigenvalue weighted by atomic mass is 10.3. The van der Waals surface area contributed by atoms with Crippen LogP contribution in [0, 0.1) is 0 Å². The van der Waals surface area contributed by atoms with Crippen molar-refractivity contribution in [3.8, 4) is 0 Å². The molecule has 0 fully saturated rings. The molecule has 12 heavy (non-hydrogen) atoms. The highest BCUT2D eigenvalue weighted by molar-refractivity contribution is 6.15. The number of aliphatic hydroxyl groups excluding tert-OH is 1. The summed E-state index contributed by atoms with van der Waals surface area (Å²) in [7, 11) is 0. The number of primary amides is 1. The minimum atomic E-state index is -1.21. The van der Waals surface area contributed by atoms with Crippen molar-refractivity contribution in [1.29, 1.82) is 0 Å². The average Bonchev–Trinajstić information content (AvgIpc) is 2.02. The Kier molecular flexibility index (Phi) is 3.99. The molecule has 0 radical (unpaired) electrons. The fourth-order valence-electron chi connectivity index (χ4n) is 0.379. The van der Waals surface area contributed by atoms with Gasteiger partial charge in [0.25, 0.3) is 5.91 Å². The minimum absolute atomic E-state index is 0.248. The lowest BCUT2D eigenvalue weighted by Gasteiger charge is -2.08. The molecule has 0 spiro atoms. The summed E-state index contributed by atoms with van der Waals surface area (Å²) in [6.07, 6.45) is -0.966. The predicted molar refractivity (Wildman–Crippen MR) is 40.7 cm³/mol. The van der Waals surface area contributed by atoms with Gasteiger partial charge in [-0.3, -0.25) is 4.79 Å². The van der Waals surface area contributed by atoms with Gasteiger partial charge in [-0.25, -0.2) is 4.79 Å². The fourth-order valence-corrected chi connectivity index (χ4v) is 0.379. The molecule has 0 saturated heterocycles. The van der Waals surface area contributed by atoms with Gasteiger partial charge in [0.1, 0.15) is 5.57 Å². The third-order valence-corrected chi connectivity index (χ3v) is 1.14. The van der Waals surface area contributed by atoms with E-state index in [1.165, 1.54) is 0 Å². The maximum Gasteiger partial charge on any atom is 0.345 e. The SMILES string of the molecule is C=C(C(N)=O)C(=O)OC(O)CC. The van der Waals surface area contributed by atoms with Gasteiger partial charge in [-0.1, -0.05) is 13.5 Å². The van der Waals surface area contributed by atoms with Crippen LogP contribution in [-0.4, -0.2) is 23.3 Å². The van der Waals surface area contributed by atoms with Gasteiger partial charge in [-0.15, -0.1) is 0 Å². The van der Waals surface area contributed by atoms with E-state index in [1.54, 1.807) is 6.92 Å². The van der Waals surface area contributed by atoms with E-state index in [4.69, 9.17) is 10.8 Å². The molecule has 0 aliphatic carbocycles. The molecule has 0 heterocycles. The first kappa shape index (κ1) is 10.6. The molecule has 0 bridgehead atoms. The highest BCUT2D eigenvalue weighted by atomic mass is 16.6. The predicted octanol–water partition coefficient (Wildman–Crippen LogP) is -0.701. The van der Waals surface area contributed by atoms with E-state index in [-0.39, 0.29) is 6.42 Å². The van der Waals surface area contributed by atoms with Crippen LogP contribution in [0.5, 0.6) is 0 Å². The summed E-state index contributed by atoms with van der Waals surface area (Å²) >= 11 is 0. The zero-order valence-corrected chi connectivity index (χ0v) is 6.74. The zero-order valence-electron chi connectivity index (χ0n) is 6.74. The summed E-state index contributed by atoms with van der Waals surface area (Å²) in [6.45, 7) is 4.70. The molecule has 1 unspecified atom stereocenters. The summed E-state index contributed by atoms with van der Waals surface area (Å²) < 4.78 is 4.34. The molecule has 5 heteroatoms. The van der Waals surface area contributed by atoms with Crippen molar-refractivity contribution in [3.05, 3.63) is 12.2 Å². The number of aliphatic hydroxyl groups is 1. The van der Waals surface area contributed by atoms with Crippen molar-refractivity contribution in [1.82, 2.24) is 0 Å². The number of hydrogen-bond acceptors (Lipinski definition) is 4. The van der Waals surface area contributed by atoms with E-state index < -0.39 is 23.7 Å². The van der Waals surface area contributed by atoms with Gasteiger partial charge in [-0.05, 0) is 0 Å². The van der Waals surface area contributed by atoms with Crippen LogP contribution in [-0.2, 0) is 14.3 Å². The van der Waals surface area contributed by atoms with Gasteiger partial charge < -0.3 is 15.6 Å². The summed E-state index contributed by atoms with van der Waals surface area (Å²) in [6, 6.07) is 0. The maximum absolute atomic E-state index is 10.8. The first-order valence-corrected chi connectivity index (χ1v) is 3.36. The quantitative estimate of drug-likeness (QED) is 0.193. The first-order valence-electron chi connectivity index (χ1n) is 3.36. The molecule has 1 amide bonds. The van der Waals surface area contributed by atoms with E-state index in [0.717, 1.165) is 0 Å². The van der Waals surface area contributed by atoms with Crippen molar-refractivity contribution in [2.75, 3.05) is 0 Å². The van der Waals surface area contributed by atoms with Gasteiger partial charge in [0.15, 0.2) is 0 Å². The maximum atomic E-state index is 10.8. The Labute approximate surface area is 69.8 Å². The Morgan fingerprint density at radius 2 is 2.17 bits per heavy atom. The standard InChI is InChI=1S/C7H11NO4/c1-3-5(9)12-7(11)4(2)6(8)10/h5,9H,2-3H2,1H3,(H2,8,10). The van der Waals surface area contributed by atoms with Crippen LogP contribution in [0.25, 0.3) is 0 Å². The Bertz CT molecular complexity index is 211. The molecular weight excluding hydrogens is 162 g/mol. The first-order chi connectivity index (χ1) is 5.49. The topological polar surface area (TPSA) is 89.6 Å². The van der Waals surface area contributed by atoms with E-state index in [1.807, 2.05) is 0 Å². The number of rotatable bonds is 4. The second kappa shape index (κ2) is 4.50. The molecule has 0 aliphatic rings. The fraction of sp³-hybridized carbons (Fsp3) is 0.429. The highest BCUT2D eigenvalue weighted by Gasteiger charge is 2.16. The average molecular weight is 173 g/mol. The molecule has 0 saturated carbocycles. The van der Waals surface area contributed by atoms with Crippen molar-refractivity contribution < 1.29 is 19.4 Å². The summed E-state index contributed by atoms with van der Waals surface area (Å²) in [5, 5.41) is 8.82. The number of carbonyl (C=O) groups is 2. The molecule has 0 rings (SSSR count). The largest absolute Gasteiger partial charge is 0.432 e. The van der Waals surface area contributed by atoms with Crippen LogP contribution in [0.2, 0.25) is 0 Å². The molecule has 0 aliphatic heterocycles. The molecule has 5 nitrogen and oxygen atoms in total. The number of ether oxygens (including phenoxy) is 1. The van der Waals surface area contributed by atoms with Gasteiger partial charge in [-0.2, -0.15) is 0 Å². The lowest BCUT2D eigenvalue weighted by molar-refractivity contribution is -0.163. The number of esters is 1. The molecule has 0 aromatic heterocycles. The summed E-state index contributed by atoms with van der Waals surface area (Å²) in [5.41, 5.74) is 4.26. The van der Waals surface area contributed by atoms with E-state index in [9.17, 15) is 9.59 Å². The molecule has 0 aromatic carbocycles. The third kappa shape index (κ3) is 3.16. The Hall–Kier alpha value is -1.36. The Balaban J connectivity index is 4.05. The summed E-state index contributed by atoms with van der Waals surface area (Å²) in [4.78, 5) is 21.1.